The Labute approximate surface area is 166 Å². The second kappa shape index (κ2) is 7.86. The summed E-state index contributed by atoms with van der Waals surface area (Å²) in [5.41, 5.74) is 4.00. The maximum Gasteiger partial charge on any atom is 3.00 e. The van der Waals surface area contributed by atoms with Gasteiger partial charge in [-0.05, 0) is 35.7 Å². The van der Waals surface area contributed by atoms with Crippen LogP contribution in [-0.2, 0) is 32.7 Å². The van der Waals surface area contributed by atoms with Crippen molar-refractivity contribution in [1.29, 1.82) is 0 Å². The van der Waals surface area contributed by atoms with Crippen molar-refractivity contribution in [2.75, 3.05) is 12.4 Å². The van der Waals surface area contributed by atoms with Crippen molar-refractivity contribution in [3.8, 4) is 5.75 Å². The van der Waals surface area contributed by atoms with Gasteiger partial charge in [-0.1, -0.05) is 19.1 Å². The molecule has 0 aromatic heterocycles. The van der Waals surface area contributed by atoms with Gasteiger partial charge in [0.25, 0.3) is 0 Å². The third-order valence-electron chi connectivity index (χ3n) is 3.87. The number of anilines is 1. The number of hydrogen-bond acceptors (Lipinski definition) is 4. The first-order valence-electron chi connectivity index (χ1n) is 7.43. The van der Waals surface area contributed by atoms with E-state index in [1.54, 1.807) is 6.07 Å². The van der Waals surface area contributed by atoms with Crippen LogP contribution in [0.3, 0.4) is 0 Å². The minimum absolute atomic E-state index is 0. The second-order valence-corrected chi connectivity index (χ2v) is 5.46. The van der Waals surface area contributed by atoms with Crippen LogP contribution >= 0.6 is 0 Å². The zero-order valence-electron chi connectivity index (χ0n) is 14.0. The van der Waals surface area contributed by atoms with E-state index >= 15 is 0 Å². The van der Waals surface area contributed by atoms with Gasteiger partial charge in [0.05, 0.1) is 0 Å². The first-order valence-corrected chi connectivity index (χ1v) is 7.43. The Bertz CT molecular complexity index is 906. The Morgan fingerprint density at radius 2 is 1.88 bits per heavy atom. The largest absolute Gasteiger partial charge is 3.00 e. The first-order chi connectivity index (χ1) is 11.1. The summed E-state index contributed by atoms with van der Waals surface area (Å²) in [6.45, 7) is 3.88. The first kappa shape index (κ1) is 18.6. The van der Waals surface area contributed by atoms with Crippen LogP contribution in [-0.4, -0.2) is 12.2 Å². The number of nitrogens with zero attached hydrogens (tertiary/aromatic N) is 2. The number of nitrogens with one attached hydrogen (secondary N) is 1. The standard InChI is InChI=1S/C19H18N3O.Y/c1-12-7-4-5-9-15(12)21-22-18-13(2)11-14-8-6-10-16(20-3)17(14)19(18)23;/h5-11,20,23H,1-3H3;/q-1;+3. The molecule has 0 amide bonds. The molecule has 0 atom stereocenters. The number of phenols is 1. The number of benzene rings is 3. The van der Waals surface area contributed by atoms with Crippen LogP contribution in [0.5, 0.6) is 5.75 Å². The molecule has 3 aromatic carbocycles. The van der Waals surface area contributed by atoms with Gasteiger partial charge in [-0.3, -0.25) is 0 Å². The molecule has 0 aliphatic heterocycles. The van der Waals surface area contributed by atoms with E-state index in [0.717, 1.165) is 33.3 Å². The topological polar surface area (TPSA) is 57.0 Å². The minimum atomic E-state index is 0. The molecule has 2 N–H and O–H groups in total. The van der Waals surface area contributed by atoms with Gasteiger partial charge in [-0.2, -0.15) is 23.3 Å². The third kappa shape index (κ3) is 3.50. The Balaban J connectivity index is 0.00000208. The van der Waals surface area contributed by atoms with Crippen molar-refractivity contribution in [1.82, 2.24) is 0 Å². The average Bonchev–Trinajstić information content (AvgIpc) is 2.55. The zero-order chi connectivity index (χ0) is 16.4. The van der Waals surface area contributed by atoms with E-state index in [4.69, 9.17) is 0 Å². The van der Waals surface area contributed by atoms with E-state index < -0.39 is 0 Å². The van der Waals surface area contributed by atoms with Gasteiger partial charge in [0, 0.05) is 18.1 Å². The Kier molecular flexibility index (Phi) is 6.08. The quantitative estimate of drug-likeness (QED) is 0.461. The number of hydrogen-bond donors (Lipinski definition) is 2. The van der Waals surface area contributed by atoms with Gasteiger partial charge in [0.15, 0.2) is 5.75 Å². The molecule has 3 aromatic rings. The van der Waals surface area contributed by atoms with Crippen LogP contribution in [0.1, 0.15) is 11.1 Å². The molecule has 116 valence electrons. The van der Waals surface area contributed by atoms with E-state index in [0.29, 0.717) is 5.69 Å². The Morgan fingerprint density at radius 1 is 1.08 bits per heavy atom. The van der Waals surface area contributed by atoms with Gasteiger partial charge in [0.1, 0.15) is 5.69 Å². The molecule has 0 heterocycles. The monoisotopic (exact) mass is 393 g/mol. The van der Waals surface area contributed by atoms with Crippen LogP contribution in [0, 0.1) is 19.9 Å². The summed E-state index contributed by atoms with van der Waals surface area (Å²) in [6, 6.07) is 16.4. The number of azo groups is 1. The van der Waals surface area contributed by atoms with Crippen molar-refractivity contribution in [2.45, 2.75) is 13.8 Å². The Morgan fingerprint density at radius 3 is 2.58 bits per heavy atom. The molecule has 0 aliphatic rings. The maximum atomic E-state index is 10.7. The predicted molar refractivity (Wildman–Crippen MR) is 94.1 cm³/mol. The maximum absolute atomic E-state index is 10.7. The molecule has 5 heteroatoms. The summed E-state index contributed by atoms with van der Waals surface area (Å²) >= 11 is 0. The zero-order valence-corrected chi connectivity index (χ0v) is 16.8. The molecule has 0 saturated heterocycles. The van der Waals surface area contributed by atoms with Crippen molar-refractivity contribution in [3.05, 3.63) is 59.7 Å². The number of aryl methyl sites for hydroxylation is 2. The van der Waals surface area contributed by atoms with Crippen molar-refractivity contribution < 1.29 is 37.8 Å². The Hall–Kier alpha value is -1.78. The molecule has 0 unspecified atom stereocenters. The fraction of sp³-hybridized carbons (Fsp3) is 0.158. The number of aromatic hydroxyl groups is 1. The summed E-state index contributed by atoms with van der Waals surface area (Å²) in [5, 5.41) is 24.1. The van der Waals surface area contributed by atoms with E-state index in [1.807, 2.05) is 57.3 Å². The average molecular weight is 393 g/mol. The fourth-order valence-corrected chi connectivity index (χ4v) is 2.62. The molecule has 0 spiro atoms. The normalized spacial score (nSPS) is 10.8. The smallest absolute Gasteiger partial charge is 0.505 e. The van der Waals surface area contributed by atoms with Gasteiger partial charge >= 0.3 is 32.7 Å². The predicted octanol–water partition coefficient (Wildman–Crippen LogP) is 5.42. The van der Waals surface area contributed by atoms with Crippen LogP contribution < -0.4 is 5.32 Å². The van der Waals surface area contributed by atoms with Crippen LogP contribution in [0.25, 0.3) is 10.8 Å². The van der Waals surface area contributed by atoms with Crippen LogP contribution in [0.4, 0.5) is 17.1 Å². The summed E-state index contributed by atoms with van der Waals surface area (Å²) in [6.07, 6.45) is 0. The molecule has 0 radical (unpaired) electrons. The van der Waals surface area contributed by atoms with Gasteiger partial charge in [-0.25, -0.2) is 0 Å². The number of phenolic OH excluding ortho intramolecular Hbond substituents is 1. The molecule has 0 saturated carbocycles. The van der Waals surface area contributed by atoms with E-state index in [1.165, 1.54) is 0 Å². The van der Waals surface area contributed by atoms with Crippen molar-refractivity contribution in [2.24, 2.45) is 10.2 Å². The van der Waals surface area contributed by atoms with Crippen LogP contribution in [0.15, 0.2) is 52.7 Å². The summed E-state index contributed by atoms with van der Waals surface area (Å²) < 4.78 is 0. The summed E-state index contributed by atoms with van der Waals surface area (Å²) in [5.74, 6) is 0.147. The third-order valence-corrected chi connectivity index (χ3v) is 3.87. The summed E-state index contributed by atoms with van der Waals surface area (Å²) in [4.78, 5) is 0. The van der Waals surface area contributed by atoms with E-state index in [2.05, 4.69) is 21.6 Å². The van der Waals surface area contributed by atoms with E-state index in [-0.39, 0.29) is 38.5 Å². The minimum Gasteiger partial charge on any atom is -0.505 e. The molecular formula is C19H18N3OY+2. The van der Waals surface area contributed by atoms with Crippen molar-refractivity contribution in [3.63, 3.8) is 0 Å². The fourth-order valence-electron chi connectivity index (χ4n) is 2.62. The molecule has 24 heavy (non-hydrogen) atoms. The molecule has 4 nitrogen and oxygen atoms in total. The molecule has 0 fully saturated rings. The van der Waals surface area contributed by atoms with Crippen LogP contribution in [0.2, 0.25) is 0 Å². The molecule has 0 aliphatic carbocycles. The number of rotatable bonds is 3. The summed E-state index contributed by atoms with van der Waals surface area (Å²) in [7, 11) is 1.83. The van der Waals surface area contributed by atoms with Gasteiger partial charge < -0.3 is 10.4 Å². The SMILES string of the molecule is CNc1cccc2cc(C)c(N=Nc3cc[c-]cc3C)c(O)c12.[Y+3]. The molecular weight excluding hydrogens is 375 g/mol. The molecule has 3 rings (SSSR count). The second-order valence-electron chi connectivity index (χ2n) is 5.46. The van der Waals surface area contributed by atoms with E-state index in [9.17, 15) is 5.11 Å². The molecule has 0 bridgehead atoms. The van der Waals surface area contributed by atoms with Gasteiger partial charge in [-0.15, -0.1) is 16.7 Å². The number of fused-ring (bicyclic) bond motifs is 1. The van der Waals surface area contributed by atoms with Gasteiger partial charge in [0.2, 0.25) is 0 Å². The van der Waals surface area contributed by atoms with Crippen molar-refractivity contribution >= 4 is 27.8 Å².